The molecule has 4 aromatic heterocycles. The van der Waals surface area contributed by atoms with Gasteiger partial charge < -0.3 is 21.3 Å². The number of benzene rings is 1. The van der Waals surface area contributed by atoms with Crippen molar-refractivity contribution in [2.75, 3.05) is 16.8 Å². The molecule has 0 aliphatic carbocycles. The van der Waals surface area contributed by atoms with Crippen molar-refractivity contribution in [2.45, 2.75) is 19.9 Å². The number of nitrogens with two attached hydrogens (primary N) is 2. The number of hydrogen-bond donors (Lipinski definition) is 4. The topological polar surface area (TPSA) is 192 Å². The van der Waals surface area contributed by atoms with Gasteiger partial charge in [-0.3, -0.25) is 14.5 Å². The van der Waals surface area contributed by atoms with Gasteiger partial charge in [-0.1, -0.05) is 22.8 Å². The Hall–Kier alpha value is -4.52. The predicted molar refractivity (Wildman–Crippen MR) is 125 cm³/mol. The summed E-state index contributed by atoms with van der Waals surface area (Å²) in [4.78, 5) is 30.7. The summed E-state index contributed by atoms with van der Waals surface area (Å²) in [5.74, 6) is 1.13. The van der Waals surface area contributed by atoms with Gasteiger partial charge in [-0.25, -0.2) is 4.98 Å². The number of nitrogen functional groups attached to an aromatic ring is 2. The monoisotopic (exact) mass is 479 g/mol. The highest BCUT2D eigenvalue weighted by Gasteiger charge is 2.24. The Labute approximate surface area is 196 Å². The Morgan fingerprint density at radius 2 is 2.03 bits per heavy atom. The fraction of sp³-hybridized carbons (Fsp3) is 0.150. The van der Waals surface area contributed by atoms with E-state index in [0.29, 0.717) is 33.3 Å². The van der Waals surface area contributed by atoms with Gasteiger partial charge in [-0.15, -0.1) is 0 Å². The van der Waals surface area contributed by atoms with Gasteiger partial charge in [0.15, 0.2) is 5.82 Å². The van der Waals surface area contributed by atoms with Gasteiger partial charge in [-0.2, -0.15) is 20.1 Å². The first kappa shape index (κ1) is 21.3. The maximum Gasteiger partial charge on any atom is 0.267 e. The molecule has 0 bridgehead atoms. The van der Waals surface area contributed by atoms with E-state index < -0.39 is 6.04 Å². The Morgan fingerprint density at radius 1 is 1.21 bits per heavy atom. The number of fused-ring (bicyclic) bond motifs is 1. The van der Waals surface area contributed by atoms with E-state index in [1.54, 1.807) is 38.2 Å². The minimum atomic E-state index is -0.581. The molecule has 1 aromatic carbocycles. The number of aromatic amines is 1. The maximum absolute atomic E-state index is 13.5. The van der Waals surface area contributed by atoms with Crippen LogP contribution in [0.3, 0.4) is 0 Å². The van der Waals surface area contributed by atoms with Crippen molar-refractivity contribution >= 4 is 40.1 Å². The minimum absolute atomic E-state index is 0.0522. The quantitative estimate of drug-likeness (QED) is 0.288. The van der Waals surface area contributed by atoms with E-state index in [0.717, 1.165) is 0 Å². The van der Waals surface area contributed by atoms with Crippen molar-refractivity contribution < 1.29 is 4.52 Å². The average Bonchev–Trinajstić information content (AvgIpc) is 3.45. The molecular weight excluding hydrogens is 462 g/mol. The zero-order chi connectivity index (χ0) is 24.0. The van der Waals surface area contributed by atoms with Crippen molar-refractivity contribution in [2.24, 2.45) is 0 Å². The van der Waals surface area contributed by atoms with Crippen LogP contribution in [-0.4, -0.2) is 39.9 Å². The predicted octanol–water partition coefficient (Wildman–Crippen LogP) is 2.25. The molecule has 5 rings (SSSR count). The number of hydrogen-bond acceptors (Lipinski definition) is 11. The van der Waals surface area contributed by atoms with Crippen LogP contribution in [0.25, 0.3) is 28.0 Å². The zero-order valence-electron chi connectivity index (χ0n) is 17.9. The molecule has 1 atom stereocenters. The Balaban J connectivity index is 1.68. The molecule has 4 heterocycles. The highest BCUT2D eigenvalue weighted by Crippen LogP contribution is 2.33. The van der Waals surface area contributed by atoms with Crippen LogP contribution >= 0.6 is 11.6 Å². The Morgan fingerprint density at radius 3 is 2.74 bits per heavy atom. The number of rotatable bonds is 5. The number of nitrogens with zero attached hydrogens (tertiary/aromatic N) is 7. The number of aromatic nitrogens is 8. The van der Waals surface area contributed by atoms with Crippen molar-refractivity contribution in [3.05, 3.63) is 57.6 Å². The van der Waals surface area contributed by atoms with Gasteiger partial charge in [0, 0.05) is 6.20 Å². The Bertz CT molecular complexity index is 1580. The smallest absolute Gasteiger partial charge is 0.267 e. The first-order chi connectivity index (χ1) is 16.3. The van der Waals surface area contributed by atoms with E-state index >= 15 is 0 Å². The van der Waals surface area contributed by atoms with Crippen LogP contribution in [0.15, 0.2) is 39.9 Å². The van der Waals surface area contributed by atoms with E-state index in [9.17, 15) is 4.79 Å². The number of anilines is 3. The standard InChI is InChI=1S/C20H18ClN11O2/c1-8(26-16-14(15(22)29-20(23)30-16)18-27-9(2)31-34-18)17-28-12-5-3-4-11(21)13(12)19(33)32(17)10-6-24-25-7-10/h3-8H,1-2H3,(H,24,25)(H5,22,23,26,29,30)/t8-/m0/s1. The van der Waals surface area contributed by atoms with Gasteiger partial charge in [0.1, 0.15) is 23.0 Å². The molecule has 6 N–H and O–H groups in total. The molecule has 172 valence electrons. The number of aryl methyl sites for hydroxylation is 1. The molecule has 0 unspecified atom stereocenters. The molecule has 0 saturated heterocycles. The summed E-state index contributed by atoms with van der Waals surface area (Å²) in [5, 5.41) is 14.3. The molecule has 13 nitrogen and oxygen atoms in total. The second-order valence-electron chi connectivity index (χ2n) is 7.40. The number of H-pyrrole nitrogens is 1. The van der Waals surface area contributed by atoms with Crippen LogP contribution in [0.4, 0.5) is 17.6 Å². The first-order valence-corrected chi connectivity index (χ1v) is 10.4. The maximum atomic E-state index is 13.5. The zero-order valence-corrected chi connectivity index (χ0v) is 18.7. The van der Waals surface area contributed by atoms with Crippen molar-refractivity contribution in [3.8, 4) is 17.1 Å². The molecule has 0 radical (unpaired) electrons. The van der Waals surface area contributed by atoms with E-state index in [1.165, 1.54) is 10.8 Å². The lowest BCUT2D eigenvalue weighted by molar-refractivity contribution is 0.425. The summed E-state index contributed by atoms with van der Waals surface area (Å²) in [7, 11) is 0. The summed E-state index contributed by atoms with van der Waals surface area (Å²) in [6, 6.07) is 4.50. The van der Waals surface area contributed by atoms with E-state index in [4.69, 9.17) is 32.6 Å². The largest absolute Gasteiger partial charge is 0.383 e. The molecule has 0 spiro atoms. The van der Waals surface area contributed by atoms with Crippen LogP contribution in [0, 0.1) is 6.92 Å². The molecule has 0 amide bonds. The van der Waals surface area contributed by atoms with Crippen molar-refractivity contribution in [1.29, 1.82) is 0 Å². The molecule has 34 heavy (non-hydrogen) atoms. The molecule has 0 aliphatic heterocycles. The molecule has 5 aromatic rings. The van der Waals surface area contributed by atoms with Crippen LogP contribution in [0.1, 0.15) is 24.6 Å². The molecule has 0 aliphatic rings. The van der Waals surface area contributed by atoms with Crippen LogP contribution in [0.5, 0.6) is 0 Å². The second-order valence-corrected chi connectivity index (χ2v) is 7.81. The van der Waals surface area contributed by atoms with Gasteiger partial charge in [0.25, 0.3) is 11.4 Å². The Kier molecular flexibility index (Phi) is 5.09. The summed E-state index contributed by atoms with van der Waals surface area (Å²) >= 11 is 6.32. The summed E-state index contributed by atoms with van der Waals surface area (Å²) in [6.07, 6.45) is 3.09. The lowest BCUT2D eigenvalue weighted by Crippen LogP contribution is -2.27. The third-order valence-corrected chi connectivity index (χ3v) is 5.37. The molecule has 0 fully saturated rings. The van der Waals surface area contributed by atoms with Gasteiger partial charge in [0.05, 0.1) is 33.9 Å². The van der Waals surface area contributed by atoms with Gasteiger partial charge >= 0.3 is 0 Å². The SMILES string of the molecule is Cc1noc(-c2c(N)nc(N)nc2N[C@@H](C)c2nc3cccc(Cl)c3c(=O)n2-c2cn[nH]c2)n1. The molecule has 0 saturated carbocycles. The lowest BCUT2D eigenvalue weighted by atomic mass is 10.2. The summed E-state index contributed by atoms with van der Waals surface area (Å²) < 4.78 is 6.69. The van der Waals surface area contributed by atoms with Gasteiger partial charge in [0.2, 0.25) is 5.95 Å². The van der Waals surface area contributed by atoms with Crippen LogP contribution in [-0.2, 0) is 0 Å². The third-order valence-electron chi connectivity index (χ3n) is 5.05. The third kappa shape index (κ3) is 3.57. The fourth-order valence-electron chi connectivity index (χ4n) is 3.59. The summed E-state index contributed by atoms with van der Waals surface area (Å²) in [6.45, 7) is 3.47. The summed E-state index contributed by atoms with van der Waals surface area (Å²) in [5.41, 5.74) is 12.8. The second kappa shape index (κ2) is 8.12. The van der Waals surface area contributed by atoms with Crippen molar-refractivity contribution in [3.63, 3.8) is 0 Å². The van der Waals surface area contributed by atoms with E-state index in [1.807, 2.05) is 0 Å². The highest BCUT2D eigenvalue weighted by molar-refractivity contribution is 6.35. The average molecular weight is 480 g/mol. The molecule has 14 heteroatoms. The van der Waals surface area contributed by atoms with Gasteiger partial charge in [-0.05, 0) is 26.0 Å². The van der Waals surface area contributed by atoms with Crippen LogP contribution in [0.2, 0.25) is 5.02 Å². The highest BCUT2D eigenvalue weighted by atomic mass is 35.5. The first-order valence-electron chi connectivity index (χ1n) is 10.0. The van der Waals surface area contributed by atoms with Crippen molar-refractivity contribution in [1.82, 2.24) is 39.9 Å². The minimum Gasteiger partial charge on any atom is -0.383 e. The van der Waals surface area contributed by atoms with E-state index in [-0.39, 0.29) is 34.6 Å². The fourth-order valence-corrected chi connectivity index (χ4v) is 3.84. The molecular formula is C20H18ClN11O2. The van der Waals surface area contributed by atoms with E-state index in [2.05, 4.69) is 35.6 Å². The number of nitrogens with one attached hydrogen (secondary N) is 2. The normalized spacial score (nSPS) is 12.2. The number of halogens is 1. The lowest BCUT2D eigenvalue weighted by Gasteiger charge is -2.20. The van der Waals surface area contributed by atoms with Crippen LogP contribution < -0.4 is 22.3 Å².